The lowest BCUT2D eigenvalue weighted by Gasteiger charge is -2.25. The summed E-state index contributed by atoms with van der Waals surface area (Å²) in [6.07, 6.45) is 0.972. The van der Waals surface area contributed by atoms with Gasteiger partial charge in [0.25, 0.3) is 0 Å². The number of nitrogens with zero attached hydrogens (tertiary/aromatic N) is 1. The van der Waals surface area contributed by atoms with E-state index in [0.29, 0.717) is 18.2 Å². The third-order valence-electron chi connectivity index (χ3n) is 2.70. The van der Waals surface area contributed by atoms with Crippen LogP contribution in [-0.4, -0.2) is 37.8 Å². The van der Waals surface area contributed by atoms with E-state index < -0.39 is 0 Å². The van der Waals surface area contributed by atoms with Gasteiger partial charge >= 0.3 is 5.97 Å². The van der Waals surface area contributed by atoms with Crippen LogP contribution in [0.25, 0.3) is 0 Å². The molecule has 0 aromatic heterocycles. The highest BCUT2D eigenvalue weighted by molar-refractivity contribution is 7.80. The molecule has 0 bridgehead atoms. The fourth-order valence-electron chi connectivity index (χ4n) is 1.80. The van der Waals surface area contributed by atoms with Crippen LogP contribution in [0, 0.1) is 0 Å². The molecule has 0 N–H and O–H groups in total. The van der Waals surface area contributed by atoms with E-state index in [9.17, 15) is 4.79 Å². The lowest BCUT2D eigenvalue weighted by molar-refractivity contribution is -0.141. The van der Waals surface area contributed by atoms with Crippen molar-refractivity contribution in [2.75, 3.05) is 31.8 Å². The normalized spacial score (nSPS) is 10.1. The first-order valence-electron chi connectivity index (χ1n) is 6.69. The van der Waals surface area contributed by atoms with Gasteiger partial charge in [-0.25, -0.2) is 0 Å². The number of carbonyl (C=O) groups is 1. The second kappa shape index (κ2) is 9.44. The zero-order valence-corrected chi connectivity index (χ0v) is 12.8. The molecule has 0 aliphatic heterocycles. The van der Waals surface area contributed by atoms with Crippen molar-refractivity contribution in [2.45, 2.75) is 19.8 Å². The van der Waals surface area contributed by atoms with E-state index in [1.54, 1.807) is 14.0 Å². The molecule has 4 nitrogen and oxygen atoms in total. The summed E-state index contributed by atoms with van der Waals surface area (Å²) in [4.78, 5) is 14.1. The molecule has 0 saturated heterocycles. The van der Waals surface area contributed by atoms with Gasteiger partial charge < -0.3 is 14.4 Å². The van der Waals surface area contributed by atoms with Crippen LogP contribution in [0.3, 0.4) is 0 Å². The Morgan fingerprint density at radius 3 is 2.60 bits per heavy atom. The Morgan fingerprint density at radius 2 is 2.00 bits per heavy atom. The Bertz CT molecular complexity index is 422. The summed E-state index contributed by atoms with van der Waals surface area (Å²) in [5.74, 6) is -0.287. The minimum absolute atomic E-state index is 0.130. The summed E-state index contributed by atoms with van der Waals surface area (Å²) in [6.45, 7) is 3.53. The van der Waals surface area contributed by atoms with Crippen LogP contribution < -0.4 is 4.90 Å². The number of methoxy groups -OCH3 is 1. The summed E-state index contributed by atoms with van der Waals surface area (Å²) < 4.78 is 10.0. The van der Waals surface area contributed by atoms with Crippen molar-refractivity contribution in [2.24, 2.45) is 0 Å². The number of anilines is 1. The Labute approximate surface area is 125 Å². The van der Waals surface area contributed by atoms with Crippen LogP contribution in [0.5, 0.6) is 0 Å². The Balaban J connectivity index is 2.71. The Kier molecular flexibility index (Phi) is 7.84. The quantitative estimate of drug-likeness (QED) is 0.419. The molecular weight excluding hydrogens is 274 g/mol. The van der Waals surface area contributed by atoms with Crippen molar-refractivity contribution < 1.29 is 14.3 Å². The largest absolute Gasteiger partial charge is 0.466 e. The van der Waals surface area contributed by atoms with Gasteiger partial charge in [0, 0.05) is 25.9 Å². The van der Waals surface area contributed by atoms with Gasteiger partial charge in [-0.3, -0.25) is 4.79 Å². The van der Waals surface area contributed by atoms with Gasteiger partial charge in [0.2, 0.25) is 0 Å². The van der Waals surface area contributed by atoms with Crippen molar-refractivity contribution in [3.63, 3.8) is 0 Å². The van der Waals surface area contributed by atoms with Crippen LogP contribution in [0.15, 0.2) is 30.3 Å². The van der Waals surface area contributed by atoms with E-state index in [1.165, 1.54) is 0 Å². The molecule has 110 valence electrons. The predicted molar refractivity (Wildman–Crippen MR) is 84.1 cm³/mol. The van der Waals surface area contributed by atoms with Gasteiger partial charge in [0.05, 0.1) is 18.0 Å². The standard InChI is InChI=1S/C15H21NO3S/c1-3-19-15(17)12-14(20)16(10-7-11-18-2)13-8-5-4-6-9-13/h4-6,8-9H,3,7,10-12H2,1-2H3. The summed E-state index contributed by atoms with van der Waals surface area (Å²) in [6, 6.07) is 9.80. The van der Waals surface area contributed by atoms with Gasteiger partial charge in [-0.2, -0.15) is 0 Å². The number of hydrogen-bond acceptors (Lipinski definition) is 4. The van der Waals surface area contributed by atoms with Crippen LogP contribution in [0.2, 0.25) is 0 Å². The number of benzene rings is 1. The molecule has 1 aromatic rings. The average molecular weight is 295 g/mol. The molecule has 0 amide bonds. The molecule has 5 heteroatoms. The second-order valence-electron chi connectivity index (χ2n) is 4.21. The summed E-state index contributed by atoms with van der Waals surface area (Å²) in [5.41, 5.74) is 0.984. The molecule has 1 rings (SSSR count). The van der Waals surface area contributed by atoms with E-state index in [2.05, 4.69) is 0 Å². The fourth-order valence-corrected chi connectivity index (χ4v) is 2.12. The molecule has 20 heavy (non-hydrogen) atoms. The topological polar surface area (TPSA) is 38.8 Å². The number of esters is 1. The van der Waals surface area contributed by atoms with Gasteiger partial charge in [0.15, 0.2) is 0 Å². The SMILES string of the molecule is CCOC(=O)CC(=S)N(CCCOC)c1ccccc1. The number of rotatable bonds is 8. The summed E-state index contributed by atoms with van der Waals surface area (Å²) in [7, 11) is 1.67. The van der Waals surface area contributed by atoms with E-state index >= 15 is 0 Å². The van der Waals surface area contributed by atoms with Crippen molar-refractivity contribution in [3.8, 4) is 0 Å². The van der Waals surface area contributed by atoms with Crippen LogP contribution in [-0.2, 0) is 14.3 Å². The van der Waals surface area contributed by atoms with Crippen molar-refractivity contribution in [3.05, 3.63) is 30.3 Å². The monoisotopic (exact) mass is 295 g/mol. The molecule has 0 saturated carbocycles. The maximum absolute atomic E-state index is 11.6. The van der Waals surface area contributed by atoms with Crippen molar-refractivity contribution in [1.29, 1.82) is 0 Å². The maximum Gasteiger partial charge on any atom is 0.312 e. The molecule has 0 aliphatic carbocycles. The number of para-hydroxylation sites is 1. The fraction of sp³-hybridized carbons (Fsp3) is 0.467. The van der Waals surface area contributed by atoms with E-state index in [4.69, 9.17) is 21.7 Å². The van der Waals surface area contributed by atoms with Gasteiger partial charge in [-0.05, 0) is 25.5 Å². The van der Waals surface area contributed by atoms with Crippen molar-refractivity contribution in [1.82, 2.24) is 0 Å². The molecule has 0 radical (unpaired) electrons. The van der Waals surface area contributed by atoms with Crippen LogP contribution >= 0.6 is 12.2 Å². The molecule has 0 fully saturated rings. The molecule has 0 spiro atoms. The van der Waals surface area contributed by atoms with Crippen LogP contribution in [0.4, 0.5) is 5.69 Å². The third kappa shape index (κ3) is 5.67. The number of thiocarbonyl (C=S) groups is 1. The molecule has 0 aliphatic rings. The van der Waals surface area contributed by atoms with Gasteiger partial charge in [-0.15, -0.1) is 0 Å². The molecular formula is C15H21NO3S. The molecule has 1 aromatic carbocycles. The first kappa shape index (κ1) is 16.6. The number of ether oxygens (including phenoxy) is 2. The maximum atomic E-state index is 11.6. The van der Waals surface area contributed by atoms with E-state index in [0.717, 1.165) is 18.7 Å². The smallest absolute Gasteiger partial charge is 0.312 e. The lowest BCUT2D eigenvalue weighted by Crippen LogP contribution is -2.33. The van der Waals surface area contributed by atoms with E-state index in [1.807, 2.05) is 35.2 Å². The third-order valence-corrected chi connectivity index (χ3v) is 3.06. The first-order valence-corrected chi connectivity index (χ1v) is 7.09. The highest BCUT2D eigenvalue weighted by Crippen LogP contribution is 2.16. The molecule has 0 atom stereocenters. The molecule has 0 unspecified atom stereocenters. The predicted octanol–water partition coefficient (Wildman–Crippen LogP) is 2.81. The summed E-state index contributed by atoms with van der Waals surface area (Å²) >= 11 is 5.38. The zero-order chi connectivity index (χ0) is 14.8. The first-order chi connectivity index (χ1) is 9.69. The van der Waals surface area contributed by atoms with Gasteiger partial charge in [-0.1, -0.05) is 30.4 Å². The minimum atomic E-state index is -0.287. The average Bonchev–Trinajstić information content (AvgIpc) is 2.44. The minimum Gasteiger partial charge on any atom is -0.466 e. The molecule has 0 heterocycles. The van der Waals surface area contributed by atoms with Crippen LogP contribution in [0.1, 0.15) is 19.8 Å². The highest BCUT2D eigenvalue weighted by Gasteiger charge is 2.15. The Hall–Kier alpha value is -1.46. The Morgan fingerprint density at radius 1 is 1.30 bits per heavy atom. The summed E-state index contributed by atoms with van der Waals surface area (Å²) in [5, 5.41) is 0. The highest BCUT2D eigenvalue weighted by atomic mass is 32.1. The number of carbonyl (C=O) groups excluding carboxylic acids is 1. The zero-order valence-electron chi connectivity index (χ0n) is 12.0. The van der Waals surface area contributed by atoms with Gasteiger partial charge in [0.1, 0.15) is 0 Å². The van der Waals surface area contributed by atoms with E-state index in [-0.39, 0.29) is 12.4 Å². The lowest BCUT2D eigenvalue weighted by atomic mass is 10.2. The number of hydrogen-bond donors (Lipinski definition) is 0. The van der Waals surface area contributed by atoms with Crippen molar-refractivity contribution >= 4 is 28.9 Å². The second-order valence-corrected chi connectivity index (χ2v) is 4.68.